The number of anilines is 2. The van der Waals surface area contributed by atoms with Gasteiger partial charge in [-0.2, -0.15) is 0 Å². The molecule has 0 atom stereocenters. The number of fused-ring (bicyclic) bond motifs is 1. The Balaban J connectivity index is 1.90. The van der Waals surface area contributed by atoms with E-state index in [1.807, 2.05) is 6.92 Å². The van der Waals surface area contributed by atoms with E-state index in [9.17, 15) is 9.59 Å². The Morgan fingerprint density at radius 2 is 1.86 bits per heavy atom. The fraction of sp³-hybridized carbons (Fsp3) is 0.0667. The highest BCUT2D eigenvalue weighted by Crippen LogP contribution is 2.17. The lowest BCUT2D eigenvalue weighted by Gasteiger charge is -2.07. The molecule has 0 aliphatic carbocycles. The second-order valence-electron chi connectivity index (χ2n) is 4.93. The van der Waals surface area contributed by atoms with Gasteiger partial charge in [0.1, 0.15) is 0 Å². The van der Waals surface area contributed by atoms with Crippen molar-refractivity contribution in [3.05, 3.63) is 58.0 Å². The number of aryl methyl sites for hydroxylation is 1. The summed E-state index contributed by atoms with van der Waals surface area (Å²) < 4.78 is 0. The largest absolute Gasteiger partial charge is 0.399 e. The van der Waals surface area contributed by atoms with Gasteiger partial charge in [-0.05, 0) is 48.9 Å². The van der Waals surface area contributed by atoms with Crippen LogP contribution < -0.4 is 16.7 Å². The fourth-order valence-corrected chi connectivity index (χ4v) is 2.26. The number of hydrogen-bond donors (Lipinski definition) is 4. The van der Waals surface area contributed by atoms with E-state index in [-0.39, 0.29) is 11.6 Å². The number of hydrogen-bond acceptors (Lipinski definition) is 3. The van der Waals surface area contributed by atoms with Crippen LogP contribution in [0.5, 0.6) is 0 Å². The zero-order chi connectivity index (χ0) is 15.0. The third-order valence-corrected chi connectivity index (χ3v) is 3.14. The number of benzene rings is 2. The molecule has 1 heterocycles. The van der Waals surface area contributed by atoms with Crippen LogP contribution in [0.15, 0.2) is 41.2 Å². The maximum Gasteiger partial charge on any atom is 0.323 e. The van der Waals surface area contributed by atoms with E-state index in [0.29, 0.717) is 28.0 Å². The average Bonchev–Trinajstić information content (AvgIpc) is 2.77. The van der Waals surface area contributed by atoms with Gasteiger partial charge in [-0.15, -0.1) is 0 Å². The smallest absolute Gasteiger partial charge is 0.323 e. The molecule has 0 aliphatic heterocycles. The lowest BCUT2D eigenvalue weighted by atomic mass is 10.1. The molecule has 1 aromatic heterocycles. The number of nitrogens with two attached hydrogens (primary N) is 1. The molecule has 106 valence electrons. The molecular weight excluding hydrogens is 268 g/mol. The monoisotopic (exact) mass is 282 g/mol. The molecule has 0 unspecified atom stereocenters. The summed E-state index contributed by atoms with van der Waals surface area (Å²) >= 11 is 0. The number of aromatic nitrogens is 2. The minimum Gasteiger partial charge on any atom is -0.399 e. The maximum absolute atomic E-state index is 12.2. The quantitative estimate of drug-likeness (QED) is 0.540. The molecular formula is C15H14N4O2. The van der Waals surface area contributed by atoms with Crippen molar-refractivity contribution in [2.75, 3.05) is 11.1 Å². The van der Waals surface area contributed by atoms with E-state index in [0.717, 1.165) is 5.56 Å². The molecule has 5 N–H and O–H groups in total. The van der Waals surface area contributed by atoms with Crippen LogP contribution in [0.3, 0.4) is 0 Å². The highest BCUT2D eigenvalue weighted by atomic mass is 16.2. The van der Waals surface area contributed by atoms with Crippen molar-refractivity contribution in [1.82, 2.24) is 9.97 Å². The molecule has 0 aliphatic rings. The molecule has 0 bridgehead atoms. The van der Waals surface area contributed by atoms with Crippen LogP contribution in [-0.4, -0.2) is 15.9 Å². The predicted molar refractivity (Wildman–Crippen MR) is 82.5 cm³/mol. The minimum absolute atomic E-state index is 0.248. The fourth-order valence-electron chi connectivity index (χ4n) is 2.26. The summed E-state index contributed by atoms with van der Waals surface area (Å²) in [6, 6.07) is 10.3. The van der Waals surface area contributed by atoms with Gasteiger partial charge in [0.05, 0.1) is 11.0 Å². The Labute approximate surface area is 120 Å². The molecule has 3 rings (SSSR count). The maximum atomic E-state index is 12.2. The van der Waals surface area contributed by atoms with Crippen molar-refractivity contribution in [3.63, 3.8) is 0 Å². The SMILES string of the molecule is Cc1cc(N)cc(C(=O)Nc2ccc3[nH]c(=O)[nH]c3c2)c1. The van der Waals surface area contributed by atoms with E-state index in [2.05, 4.69) is 15.3 Å². The molecule has 0 spiro atoms. The van der Waals surface area contributed by atoms with Crippen molar-refractivity contribution >= 4 is 28.3 Å². The molecule has 6 heteroatoms. The van der Waals surface area contributed by atoms with E-state index in [1.165, 1.54) is 0 Å². The lowest BCUT2D eigenvalue weighted by molar-refractivity contribution is 0.102. The van der Waals surface area contributed by atoms with E-state index >= 15 is 0 Å². The van der Waals surface area contributed by atoms with Crippen LogP contribution in [-0.2, 0) is 0 Å². The zero-order valence-corrected chi connectivity index (χ0v) is 11.4. The number of carbonyl (C=O) groups excluding carboxylic acids is 1. The van der Waals surface area contributed by atoms with Gasteiger partial charge in [0.2, 0.25) is 0 Å². The number of nitrogen functional groups attached to an aromatic ring is 1. The Bertz CT molecular complexity index is 872. The average molecular weight is 282 g/mol. The van der Waals surface area contributed by atoms with E-state index in [4.69, 9.17) is 5.73 Å². The van der Waals surface area contributed by atoms with Crippen molar-refractivity contribution < 1.29 is 4.79 Å². The first-order valence-electron chi connectivity index (χ1n) is 6.42. The Kier molecular flexibility index (Phi) is 2.98. The highest BCUT2D eigenvalue weighted by molar-refractivity contribution is 6.05. The van der Waals surface area contributed by atoms with Crippen LogP contribution >= 0.6 is 0 Å². The van der Waals surface area contributed by atoms with Crippen LogP contribution in [0.1, 0.15) is 15.9 Å². The first-order valence-corrected chi connectivity index (χ1v) is 6.42. The highest BCUT2D eigenvalue weighted by Gasteiger charge is 2.08. The van der Waals surface area contributed by atoms with Gasteiger partial charge in [-0.25, -0.2) is 4.79 Å². The number of H-pyrrole nitrogens is 2. The van der Waals surface area contributed by atoms with Crippen molar-refractivity contribution in [3.8, 4) is 0 Å². The van der Waals surface area contributed by atoms with Gasteiger partial charge in [-0.1, -0.05) is 0 Å². The van der Waals surface area contributed by atoms with Crippen molar-refractivity contribution in [2.24, 2.45) is 0 Å². The third kappa shape index (κ3) is 2.64. The van der Waals surface area contributed by atoms with Crippen LogP contribution in [0.4, 0.5) is 11.4 Å². The van der Waals surface area contributed by atoms with Crippen LogP contribution in [0.2, 0.25) is 0 Å². The Hall–Kier alpha value is -3.02. The van der Waals surface area contributed by atoms with E-state index in [1.54, 1.807) is 36.4 Å². The number of aromatic amines is 2. The molecule has 0 radical (unpaired) electrons. The summed E-state index contributed by atoms with van der Waals surface area (Å²) in [5, 5.41) is 2.78. The van der Waals surface area contributed by atoms with Crippen LogP contribution in [0.25, 0.3) is 11.0 Å². The van der Waals surface area contributed by atoms with Gasteiger partial charge in [-0.3, -0.25) is 4.79 Å². The first-order chi connectivity index (χ1) is 10.0. The molecule has 1 amide bonds. The van der Waals surface area contributed by atoms with Gasteiger partial charge >= 0.3 is 5.69 Å². The molecule has 2 aromatic carbocycles. The van der Waals surface area contributed by atoms with E-state index < -0.39 is 0 Å². The number of carbonyl (C=O) groups is 1. The van der Waals surface area contributed by atoms with Gasteiger partial charge < -0.3 is 21.0 Å². The summed E-state index contributed by atoms with van der Waals surface area (Å²) in [5.41, 5.74) is 9.36. The summed E-state index contributed by atoms with van der Waals surface area (Å²) in [6.07, 6.45) is 0. The number of amides is 1. The number of rotatable bonds is 2. The second kappa shape index (κ2) is 4.82. The van der Waals surface area contributed by atoms with Crippen LogP contribution in [0, 0.1) is 6.92 Å². The molecule has 0 saturated heterocycles. The molecule has 6 nitrogen and oxygen atoms in total. The summed E-state index contributed by atoms with van der Waals surface area (Å²) in [4.78, 5) is 28.7. The summed E-state index contributed by atoms with van der Waals surface area (Å²) in [7, 11) is 0. The molecule has 21 heavy (non-hydrogen) atoms. The van der Waals surface area contributed by atoms with Crippen molar-refractivity contribution in [1.29, 1.82) is 0 Å². The number of imidazole rings is 1. The topological polar surface area (TPSA) is 104 Å². The standard InChI is InChI=1S/C15H14N4O2/c1-8-4-9(6-10(16)5-8)14(20)17-11-2-3-12-13(7-11)19-15(21)18-12/h2-7H,16H2,1H3,(H,17,20)(H2,18,19,21). The molecule has 0 saturated carbocycles. The number of nitrogens with one attached hydrogen (secondary N) is 3. The zero-order valence-electron chi connectivity index (χ0n) is 11.4. The third-order valence-electron chi connectivity index (χ3n) is 3.14. The predicted octanol–water partition coefficient (Wildman–Crippen LogP) is 2.00. The Morgan fingerprint density at radius 3 is 2.62 bits per heavy atom. The lowest BCUT2D eigenvalue weighted by Crippen LogP contribution is -2.12. The second-order valence-corrected chi connectivity index (χ2v) is 4.93. The summed E-state index contributed by atoms with van der Waals surface area (Å²) in [5.74, 6) is -0.248. The molecule has 0 fully saturated rings. The molecule has 3 aromatic rings. The Morgan fingerprint density at radius 1 is 1.10 bits per heavy atom. The summed E-state index contributed by atoms with van der Waals surface area (Å²) in [6.45, 7) is 1.88. The van der Waals surface area contributed by atoms with Gasteiger partial charge in [0.15, 0.2) is 0 Å². The van der Waals surface area contributed by atoms with Gasteiger partial charge in [0.25, 0.3) is 5.91 Å². The van der Waals surface area contributed by atoms with Crippen molar-refractivity contribution in [2.45, 2.75) is 6.92 Å². The minimum atomic E-state index is -0.278. The van der Waals surface area contributed by atoms with Gasteiger partial charge in [0, 0.05) is 16.9 Å². The normalized spacial score (nSPS) is 10.7. The first kappa shape index (κ1) is 13.0.